The zero-order valence-corrected chi connectivity index (χ0v) is 28.3. The maximum absolute atomic E-state index is 14.4. The first-order chi connectivity index (χ1) is 23.6. The number of nitrogens with zero attached hydrogens (tertiary/aromatic N) is 2. The van der Waals surface area contributed by atoms with Crippen LogP contribution in [-0.4, -0.2) is 54.2 Å². The van der Waals surface area contributed by atoms with Crippen molar-refractivity contribution in [2.45, 2.75) is 52.3 Å². The van der Waals surface area contributed by atoms with Crippen LogP contribution < -0.4 is 10.1 Å². The van der Waals surface area contributed by atoms with Crippen LogP contribution >= 0.6 is 0 Å². The molecule has 0 radical (unpaired) electrons. The highest BCUT2D eigenvalue weighted by molar-refractivity contribution is 6.00. The first-order valence-corrected chi connectivity index (χ1v) is 16.2. The summed E-state index contributed by atoms with van der Waals surface area (Å²) in [4.78, 5) is 41.0. The van der Waals surface area contributed by atoms with Crippen molar-refractivity contribution in [2.75, 3.05) is 20.3 Å². The Labute approximate surface area is 286 Å². The zero-order chi connectivity index (χ0) is 35.1. The number of allylic oxidation sites excluding steroid dienone is 2. The van der Waals surface area contributed by atoms with Crippen LogP contribution in [0.4, 0.5) is 5.69 Å². The fourth-order valence-electron chi connectivity index (χ4n) is 6.18. The zero-order valence-electron chi connectivity index (χ0n) is 28.3. The first-order valence-electron chi connectivity index (χ1n) is 16.2. The van der Waals surface area contributed by atoms with Crippen molar-refractivity contribution < 1.29 is 28.7 Å². The molecule has 4 aromatic rings. The molecule has 254 valence electrons. The summed E-state index contributed by atoms with van der Waals surface area (Å²) in [5, 5.41) is 16.8. The largest absolute Gasteiger partial charge is 0.489 e. The van der Waals surface area contributed by atoms with Gasteiger partial charge in [0.05, 0.1) is 29.1 Å². The van der Waals surface area contributed by atoms with Crippen LogP contribution in [0.25, 0.3) is 10.8 Å². The Hall–Kier alpha value is -5.48. The van der Waals surface area contributed by atoms with Gasteiger partial charge in [0.15, 0.2) is 0 Å². The molecule has 2 atom stereocenters. The minimum absolute atomic E-state index is 0.0533. The summed E-state index contributed by atoms with van der Waals surface area (Å²) < 4.78 is 17.8. The predicted octanol–water partition coefficient (Wildman–Crippen LogP) is 7.06. The maximum Gasteiger partial charge on any atom is 0.337 e. The van der Waals surface area contributed by atoms with Crippen molar-refractivity contribution in [3.63, 3.8) is 0 Å². The number of hydrogen-bond acceptors (Lipinski definition) is 9. The molecule has 2 unspecified atom stereocenters. The molecule has 0 saturated carbocycles. The van der Waals surface area contributed by atoms with Gasteiger partial charge in [-0.25, -0.2) is 9.59 Å². The van der Waals surface area contributed by atoms with Gasteiger partial charge in [-0.2, -0.15) is 0 Å². The van der Waals surface area contributed by atoms with E-state index in [0.29, 0.717) is 35.8 Å². The molecule has 5 rings (SSSR count). The molecule has 4 aromatic carbocycles. The molecular weight excluding hydrogens is 622 g/mol. The van der Waals surface area contributed by atoms with Crippen LogP contribution in [0, 0.1) is 10.1 Å². The SMILES string of the molecule is COC(=O)C1=C(C)NC(C)=C(C(=O)OC(COc2cccc3ccccc23)CN(Cc2ccccc2)C(C)C)C1c1cccc([N+](=O)[O-])c1. The molecule has 0 amide bonds. The van der Waals surface area contributed by atoms with Crippen LogP contribution in [0.3, 0.4) is 0 Å². The van der Waals surface area contributed by atoms with Gasteiger partial charge in [-0.1, -0.05) is 78.9 Å². The number of ether oxygens (including phenoxy) is 3. The third kappa shape index (κ3) is 8.16. The van der Waals surface area contributed by atoms with Crippen molar-refractivity contribution >= 4 is 28.4 Å². The molecule has 10 nitrogen and oxygen atoms in total. The number of non-ortho nitro benzene ring substituents is 1. The minimum atomic E-state index is -0.980. The van der Waals surface area contributed by atoms with Gasteiger partial charge in [-0.05, 0) is 50.3 Å². The van der Waals surface area contributed by atoms with E-state index >= 15 is 0 Å². The Morgan fingerprint density at radius 3 is 2.22 bits per heavy atom. The van der Waals surface area contributed by atoms with E-state index in [0.717, 1.165) is 16.3 Å². The lowest BCUT2D eigenvalue weighted by atomic mass is 9.80. The molecule has 0 saturated heterocycles. The van der Waals surface area contributed by atoms with Crippen molar-refractivity contribution in [3.8, 4) is 5.75 Å². The lowest BCUT2D eigenvalue weighted by molar-refractivity contribution is -0.384. The van der Waals surface area contributed by atoms with Gasteiger partial charge >= 0.3 is 11.9 Å². The predicted molar refractivity (Wildman–Crippen MR) is 188 cm³/mol. The molecule has 1 heterocycles. The maximum atomic E-state index is 14.4. The topological polar surface area (TPSA) is 120 Å². The molecule has 0 aromatic heterocycles. The van der Waals surface area contributed by atoms with Crippen molar-refractivity contribution in [3.05, 3.63) is 141 Å². The van der Waals surface area contributed by atoms with E-state index < -0.39 is 28.9 Å². The monoisotopic (exact) mass is 663 g/mol. The summed E-state index contributed by atoms with van der Waals surface area (Å²) in [6.45, 7) is 8.61. The second-order valence-electron chi connectivity index (χ2n) is 12.3. The number of carbonyl (C=O) groups is 2. The standard InChI is InChI=1S/C39H41N3O7/c1-25(2)41(22-28-13-7-6-8-14-28)23-32(24-48-34-20-12-16-29-15-9-10-19-33(29)34)49-39(44)36-27(4)40-26(3)35(38(43)47-5)37(36)30-17-11-18-31(21-30)42(45)46/h6-21,25,32,37,40H,22-24H2,1-5H3. The third-order valence-corrected chi connectivity index (χ3v) is 8.64. The van der Waals surface area contributed by atoms with Crippen molar-refractivity contribution in [1.29, 1.82) is 0 Å². The number of dihydropyridines is 1. The number of hydrogen-bond donors (Lipinski definition) is 1. The summed E-state index contributed by atoms with van der Waals surface area (Å²) >= 11 is 0. The van der Waals surface area contributed by atoms with E-state index in [9.17, 15) is 19.7 Å². The number of benzene rings is 4. The van der Waals surface area contributed by atoms with E-state index in [-0.39, 0.29) is 29.5 Å². The van der Waals surface area contributed by atoms with Gasteiger partial charge in [-0.15, -0.1) is 0 Å². The molecule has 10 heteroatoms. The summed E-state index contributed by atoms with van der Waals surface area (Å²) in [6, 6.07) is 29.8. The second kappa shape index (κ2) is 15.6. The van der Waals surface area contributed by atoms with Crippen molar-refractivity contribution in [1.82, 2.24) is 10.2 Å². The number of methoxy groups -OCH3 is 1. The Bertz CT molecular complexity index is 1900. The first kappa shape index (κ1) is 34.8. The molecular formula is C39H41N3O7. The van der Waals surface area contributed by atoms with Crippen molar-refractivity contribution in [2.24, 2.45) is 0 Å². The van der Waals surface area contributed by atoms with E-state index in [1.165, 1.54) is 25.3 Å². The Morgan fingerprint density at radius 2 is 1.53 bits per heavy atom. The van der Waals surface area contributed by atoms with Gasteiger partial charge in [0.25, 0.3) is 5.69 Å². The van der Waals surface area contributed by atoms with Gasteiger partial charge in [0.1, 0.15) is 18.5 Å². The number of nitro groups is 1. The molecule has 0 fully saturated rings. The van der Waals surface area contributed by atoms with Gasteiger partial charge < -0.3 is 19.5 Å². The molecule has 1 N–H and O–H groups in total. The number of carbonyl (C=O) groups excluding carboxylic acids is 2. The Morgan fingerprint density at radius 1 is 0.878 bits per heavy atom. The number of nitro benzene ring substituents is 1. The number of esters is 2. The highest BCUT2D eigenvalue weighted by atomic mass is 16.6. The summed E-state index contributed by atoms with van der Waals surface area (Å²) in [6.07, 6.45) is -0.739. The lowest BCUT2D eigenvalue weighted by Crippen LogP contribution is -2.42. The number of rotatable bonds is 13. The fourth-order valence-corrected chi connectivity index (χ4v) is 6.18. The average molecular weight is 664 g/mol. The van der Waals surface area contributed by atoms with E-state index in [4.69, 9.17) is 14.2 Å². The smallest absolute Gasteiger partial charge is 0.337 e. The van der Waals surface area contributed by atoms with E-state index in [1.807, 2.05) is 60.7 Å². The minimum Gasteiger partial charge on any atom is -0.489 e. The van der Waals surface area contributed by atoms with Crippen LogP contribution in [0.15, 0.2) is 120 Å². The fraction of sp³-hybridized carbons (Fsp3) is 0.282. The van der Waals surface area contributed by atoms with Crippen LogP contribution in [0.5, 0.6) is 5.75 Å². The number of fused-ring (bicyclic) bond motifs is 1. The molecule has 0 spiro atoms. The summed E-state index contributed by atoms with van der Waals surface area (Å²) in [7, 11) is 1.25. The molecule has 1 aliphatic rings. The van der Waals surface area contributed by atoms with Crippen LogP contribution in [0.2, 0.25) is 0 Å². The summed E-state index contributed by atoms with van der Waals surface area (Å²) in [5.41, 5.74) is 2.59. The molecule has 49 heavy (non-hydrogen) atoms. The molecule has 0 aliphatic carbocycles. The van der Waals surface area contributed by atoms with Gasteiger partial charge in [-0.3, -0.25) is 15.0 Å². The Kier molecular flexibility index (Phi) is 11.1. The normalized spacial score (nSPS) is 15.3. The highest BCUT2D eigenvalue weighted by Gasteiger charge is 2.39. The third-order valence-electron chi connectivity index (χ3n) is 8.64. The summed E-state index contributed by atoms with van der Waals surface area (Å²) in [5.74, 6) is -1.66. The van der Waals surface area contributed by atoms with Crippen LogP contribution in [0.1, 0.15) is 44.7 Å². The number of nitrogens with one attached hydrogen (secondary N) is 1. The second-order valence-corrected chi connectivity index (χ2v) is 12.3. The van der Waals surface area contributed by atoms with E-state index in [2.05, 4.69) is 36.2 Å². The molecule has 1 aliphatic heterocycles. The quantitative estimate of drug-likeness (QED) is 0.0911. The highest BCUT2D eigenvalue weighted by Crippen LogP contribution is 2.40. The van der Waals surface area contributed by atoms with E-state index in [1.54, 1.807) is 19.9 Å². The lowest BCUT2D eigenvalue weighted by Gasteiger charge is -2.33. The van der Waals surface area contributed by atoms with Gasteiger partial charge in [0.2, 0.25) is 0 Å². The average Bonchev–Trinajstić information content (AvgIpc) is 3.09. The van der Waals surface area contributed by atoms with Gasteiger partial charge in [0, 0.05) is 48.0 Å². The Balaban J connectivity index is 1.51. The van der Waals surface area contributed by atoms with Crippen LogP contribution in [-0.2, 0) is 25.6 Å². The molecule has 0 bridgehead atoms.